The summed E-state index contributed by atoms with van der Waals surface area (Å²) in [4.78, 5) is 7.05. The Morgan fingerprint density at radius 1 is 1.58 bits per heavy atom. The Hall–Kier alpha value is -0.770. The molecule has 0 saturated carbocycles. The van der Waals surface area contributed by atoms with E-state index in [4.69, 9.17) is 11.6 Å². The lowest BCUT2D eigenvalue weighted by Gasteiger charge is -2.09. The van der Waals surface area contributed by atoms with Crippen LogP contribution < -0.4 is 0 Å². The third kappa shape index (κ3) is 1.88. The van der Waals surface area contributed by atoms with E-state index >= 15 is 0 Å². The normalized spacial score (nSPS) is 11.7. The summed E-state index contributed by atoms with van der Waals surface area (Å²) in [5.74, 6) is 0. The van der Waals surface area contributed by atoms with Crippen LogP contribution in [0.25, 0.3) is 0 Å². The third-order valence-corrected chi connectivity index (χ3v) is 1.62. The molecule has 0 radical (unpaired) electrons. The predicted molar refractivity (Wildman–Crippen MR) is 41.2 cm³/mol. The van der Waals surface area contributed by atoms with Crippen molar-refractivity contribution in [2.75, 3.05) is 0 Å². The van der Waals surface area contributed by atoms with Crippen LogP contribution in [0.4, 0.5) is 8.78 Å². The zero-order valence-electron chi connectivity index (χ0n) is 6.39. The lowest BCUT2D eigenvalue weighted by Crippen LogP contribution is -2.10. The molecular weight excluding hydrogens is 186 g/mol. The van der Waals surface area contributed by atoms with Crippen molar-refractivity contribution in [3.63, 3.8) is 0 Å². The largest absolute Gasteiger partial charge is 0.365 e. The molecule has 0 aliphatic carbocycles. The van der Waals surface area contributed by atoms with Gasteiger partial charge in [-0.1, -0.05) is 6.92 Å². The van der Waals surface area contributed by atoms with Gasteiger partial charge >= 0.3 is 5.38 Å². The maximum atomic E-state index is 12.6. The highest BCUT2D eigenvalue weighted by atomic mass is 35.5. The maximum absolute atomic E-state index is 12.6. The van der Waals surface area contributed by atoms with Gasteiger partial charge in [-0.05, 0) is 23.6 Å². The minimum atomic E-state index is -3.39. The summed E-state index contributed by atoms with van der Waals surface area (Å²) in [5.41, 5.74) is -0.0285. The summed E-state index contributed by atoms with van der Waals surface area (Å²) in [6.45, 7) is 1.74. The minimum Gasteiger partial charge on any atom is -0.245 e. The van der Waals surface area contributed by atoms with E-state index in [1.807, 2.05) is 0 Å². The highest BCUT2D eigenvalue weighted by Gasteiger charge is 2.31. The number of hydrogen-bond acceptors (Lipinski definition) is 2. The van der Waals surface area contributed by atoms with Crippen molar-refractivity contribution in [3.05, 3.63) is 23.8 Å². The average Bonchev–Trinajstić information content (AvgIpc) is 2.03. The fourth-order valence-electron chi connectivity index (χ4n) is 0.872. The predicted octanol–water partition coefficient (Wildman–Crippen LogP) is 2.33. The number of aryl methyl sites for hydroxylation is 1. The van der Waals surface area contributed by atoms with Crippen molar-refractivity contribution in [3.8, 4) is 0 Å². The second-order valence-corrected chi connectivity index (χ2v) is 2.72. The number of hydrogen-bond donors (Lipinski definition) is 0. The molecule has 1 rings (SSSR count). The molecule has 2 nitrogen and oxygen atoms in total. The van der Waals surface area contributed by atoms with Gasteiger partial charge in [0.25, 0.3) is 0 Å². The summed E-state index contributed by atoms with van der Waals surface area (Å²) < 4.78 is 25.2. The number of rotatable bonds is 2. The van der Waals surface area contributed by atoms with E-state index in [9.17, 15) is 8.78 Å². The SMILES string of the molecule is CCc1cncnc1C(F)(F)Cl. The topological polar surface area (TPSA) is 25.8 Å². The van der Waals surface area contributed by atoms with Gasteiger partial charge in [0.05, 0.1) is 0 Å². The first kappa shape index (κ1) is 9.32. The maximum Gasteiger partial charge on any atom is 0.365 e. The Morgan fingerprint density at radius 2 is 2.25 bits per heavy atom. The van der Waals surface area contributed by atoms with Crippen molar-refractivity contribution >= 4 is 11.6 Å². The van der Waals surface area contributed by atoms with E-state index in [0.29, 0.717) is 12.0 Å². The van der Waals surface area contributed by atoms with Gasteiger partial charge in [-0.3, -0.25) is 0 Å². The molecule has 0 fully saturated rings. The third-order valence-electron chi connectivity index (χ3n) is 1.44. The van der Waals surface area contributed by atoms with Gasteiger partial charge in [-0.15, -0.1) is 0 Å². The lowest BCUT2D eigenvalue weighted by molar-refractivity contribution is 0.0887. The number of nitrogens with zero attached hydrogens (tertiary/aromatic N) is 2. The van der Waals surface area contributed by atoms with Crippen molar-refractivity contribution in [2.24, 2.45) is 0 Å². The molecule has 0 atom stereocenters. The van der Waals surface area contributed by atoms with Crippen LogP contribution in [0, 0.1) is 0 Å². The van der Waals surface area contributed by atoms with Gasteiger partial charge in [0, 0.05) is 6.20 Å². The van der Waals surface area contributed by atoms with Crippen LogP contribution in [-0.2, 0) is 11.8 Å². The molecule has 66 valence electrons. The monoisotopic (exact) mass is 192 g/mol. The summed E-state index contributed by atoms with van der Waals surface area (Å²) >= 11 is 4.82. The molecule has 0 unspecified atom stereocenters. The standard InChI is InChI=1S/C7H7ClF2N2/c1-2-5-3-11-4-12-6(5)7(8,9)10/h3-4H,2H2,1H3. The van der Waals surface area contributed by atoms with Gasteiger partial charge in [-0.25, -0.2) is 9.97 Å². The van der Waals surface area contributed by atoms with Crippen LogP contribution in [0.1, 0.15) is 18.2 Å². The molecule has 12 heavy (non-hydrogen) atoms. The van der Waals surface area contributed by atoms with E-state index in [0.717, 1.165) is 6.33 Å². The van der Waals surface area contributed by atoms with Gasteiger partial charge in [0.15, 0.2) is 0 Å². The fraction of sp³-hybridized carbons (Fsp3) is 0.429. The molecule has 0 aliphatic rings. The van der Waals surface area contributed by atoms with Crippen LogP contribution in [0.3, 0.4) is 0 Å². The average molecular weight is 193 g/mol. The molecule has 5 heteroatoms. The molecular formula is C7H7ClF2N2. The summed E-state index contributed by atoms with van der Waals surface area (Å²) in [7, 11) is 0. The number of halogens is 3. The first-order valence-corrected chi connectivity index (χ1v) is 3.79. The molecule has 0 aromatic carbocycles. The van der Waals surface area contributed by atoms with E-state index in [-0.39, 0.29) is 0 Å². The minimum absolute atomic E-state index is 0.373. The molecule has 0 saturated heterocycles. The second kappa shape index (κ2) is 3.31. The first-order valence-electron chi connectivity index (χ1n) is 3.41. The van der Waals surface area contributed by atoms with Gasteiger partial charge in [0.1, 0.15) is 12.0 Å². The molecule has 1 aromatic rings. The van der Waals surface area contributed by atoms with E-state index in [1.165, 1.54) is 6.20 Å². The van der Waals surface area contributed by atoms with E-state index in [1.54, 1.807) is 6.92 Å². The van der Waals surface area contributed by atoms with Crippen molar-refractivity contribution in [2.45, 2.75) is 18.7 Å². The molecule has 1 heterocycles. The van der Waals surface area contributed by atoms with Crippen LogP contribution in [0.2, 0.25) is 0 Å². The molecule has 0 N–H and O–H groups in total. The molecule has 1 aromatic heterocycles. The van der Waals surface area contributed by atoms with Crippen LogP contribution in [0.15, 0.2) is 12.5 Å². The fourth-order valence-corrected chi connectivity index (χ4v) is 1.04. The Kier molecular flexibility index (Phi) is 2.57. The van der Waals surface area contributed by atoms with Gasteiger partial charge in [0.2, 0.25) is 0 Å². The van der Waals surface area contributed by atoms with Gasteiger partial charge < -0.3 is 0 Å². The van der Waals surface area contributed by atoms with Crippen LogP contribution in [-0.4, -0.2) is 9.97 Å². The zero-order valence-corrected chi connectivity index (χ0v) is 7.15. The summed E-state index contributed by atoms with van der Waals surface area (Å²) in [6, 6.07) is 0. The quantitative estimate of drug-likeness (QED) is 0.673. The Bertz CT molecular complexity index is 272. The molecule has 0 spiro atoms. The number of alkyl halides is 3. The highest BCUT2D eigenvalue weighted by Crippen LogP contribution is 2.32. The summed E-state index contributed by atoms with van der Waals surface area (Å²) in [5, 5.41) is -3.39. The first-order chi connectivity index (χ1) is 5.55. The van der Waals surface area contributed by atoms with E-state index < -0.39 is 11.1 Å². The Morgan fingerprint density at radius 3 is 2.67 bits per heavy atom. The molecule has 0 amide bonds. The lowest BCUT2D eigenvalue weighted by atomic mass is 10.2. The Labute approximate surface area is 73.6 Å². The van der Waals surface area contributed by atoms with Crippen molar-refractivity contribution in [1.29, 1.82) is 0 Å². The van der Waals surface area contributed by atoms with Gasteiger partial charge in [-0.2, -0.15) is 8.78 Å². The van der Waals surface area contributed by atoms with Crippen molar-refractivity contribution in [1.82, 2.24) is 9.97 Å². The smallest absolute Gasteiger partial charge is 0.245 e. The highest BCUT2D eigenvalue weighted by molar-refractivity contribution is 6.21. The second-order valence-electron chi connectivity index (χ2n) is 2.25. The number of aromatic nitrogens is 2. The molecule has 0 bridgehead atoms. The van der Waals surface area contributed by atoms with Crippen LogP contribution >= 0.6 is 11.6 Å². The zero-order chi connectivity index (χ0) is 9.19. The Balaban J connectivity index is 3.14. The molecule has 0 aliphatic heterocycles. The van der Waals surface area contributed by atoms with Crippen LogP contribution in [0.5, 0.6) is 0 Å². The van der Waals surface area contributed by atoms with Crippen molar-refractivity contribution < 1.29 is 8.78 Å². The van der Waals surface area contributed by atoms with E-state index in [2.05, 4.69) is 9.97 Å². The summed E-state index contributed by atoms with van der Waals surface area (Å²) in [6.07, 6.45) is 2.85.